The maximum absolute atomic E-state index is 11.2. The Balaban J connectivity index is 2.14. The molecule has 0 radical (unpaired) electrons. The third kappa shape index (κ3) is 2.79. The van der Waals surface area contributed by atoms with Crippen molar-refractivity contribution in [1.29, 1.82) is 0 Å². The van der Waals surface area contributed by atoms with E-state index in [0.717, 1.165) is 10.1 Å². The molecule has 6 heteroatoms. The van der Waals surface area contributed by atoms with Gasteiger partial charge in [-0.2, -0.15) is 0 Å². The molecule has 1 aliphatic heterocycles. The minimum atomic E-state index is -1.42. The number of hydrogen-bond donors (Lipinski definition) is 2. The molecule has 1 amide bonds. The average molecular weight is 262 g/mol. The predicted molar refractivity (Wildman–Crippen MR) is 64.5 cm³/mol. The number of aliphatic carboxylic acids is 1. The van der Waals surface area contributed by atoms with Crippen LogP contribution in [0.3, 0.4) is 0 Å². The molecule has 98 valence electrons. The second-order valence-corrected chi connectivity index (χ2v) is 3.88. The highest BCUT2D eigenvalue weighted by Crippen LogP contribution is 2.13. The summed E-state index contributed by atoms with van der Waals surface area (Å²) in [6.07, 6.45) is 1.52. The van der Waals surface area contributed by atoms with Crippen molar-refractivity contribution in [2.45, 2.75) is 13.0 Å². The van der Waals surface area contributed by atoms with Crippen molar-refractivity contribution in [3.05, 3.63) is 47.5 Å². The first-order valence-electron chi connectivity index (χ1n) is 5.58. The smallest absolute Gasteiger partial charge is 0.409 e. The molecule has 6 nitrogen and oxygen atoms in total. The highest BCUT2D eigenvalue weighted by Gasteiger charge is 2.40. The molecule has 0 bridgehead atoms. The van der Waals surface area contributed by atoms with E-state index >= 15 is 0 Å². The maximum atomic E-state index is 11.2. The average Bonchev–Trinajstić information content (AvgIpc) is 2.41. The lowest BCUT2D eigenvalue weighted by Crippen LogP contribution is -2.35. The summed E-state index contributed by atoms with van der Waals surface area (Å²) < 4.78 is 5.86. The third-order valence-electron chi connectivity index (χ3n) is 2.58. The zero-order chi connectivity index (χ0) is 13.8. The Hall–Kier alpha value is -2.63. The number of nitrogens with zero attached hydrogens (tertiary/aromatic N) is 1. The van der Waals surface area contributed by atoms with Crippen molar-refractivity contribution in [3.8, 4) is 0 Å². The molecule has 2 N–H and O–H groups in total. The second kappa shape index (κ2) is 5.34. The van der Waals surface area contributed by atoms with Gasteiger partial charge in [0.15, 0.2) is 12.6 Å². The summed E-state index contributed by atoms with van der Waals surface area (Å²) in [5.41, 5.74) is 0.213. The van der Waals surface area contributed by atoms with Gasteiger partial charge in [-0.15, -0.1) is 4.58 Å². The molecule has 2 rings (SSSR count). The van der Waals surface area contributed by atoms with Crippen LogP contribution in [-0.2, 0) is 20.9 Å². The summed E-state index contributed by atoms with van der Waals surface area (Å²) in [4.78, 5) is 22.2. The number of carbonyl (C=O) groups is 2. The molecule has 0 saturated carbocycles. The van der Waals surface area contributed by atoms with E-state index in [4.69, 9.17) is 9.84 Å². The van der Waals surface area contributed by atoms with Gasteiger partial charge in [-0.05, 0) is 5.56 Å². The fourth-order valence-electron chi connectivity index (χ4n) is 1.56. The first-order valence-corrected chi connectivity index (χ1v) is 5.58. The van der Waals surface area contributed by atoms with Gasteiger partial charge in [0.1, 0.15) is 6.61 Å². The van der Waals surface area contributed by atoms with Crippen LogP contribution < -0.4 is 0 Å². The standard InChI is InChI=1S/C13H11NO5/c15-10-6-7-14(10)11(12(16)17)13(18)19-8-9-4-2-1-3-5-9/h1-5,7H,6,8H2,(H-,16,17,18)/p+1/b13-11+. The van der Waals surface area contributed by atoms with E-state index in [-0.39, 0.29) is 13.0 Å². The van der Waals surface area contributed by atoms with Crippen LogP contribution >= 0.6 is 0 Å². The van der Waals surface area contributed by atoms with E-state index in [1.165, 1.54) is 6.21 Å². The Bertz CT molecular complexity index is 574. The molecule has 0 unspecified atom stereocenters. The number of hydrogen-bond acceptors (Lipinski definition) is 4. The zero-order valence-electron chi connectivity index (χ0n) is 9.94. The van der Waals surface area contributed by atoms with Crippen molar-refractivity contribution >= 4 is 18.1 Å². The Morgan fingerprint density at radius 2 is 1.95 bits per heavy atom. The zero-order valence-corrected chi connectivity index (χ0v) is 9.94. The predicted octanol–water partition coefficient (Wildman–Crippen LogP) is 1.03. The lowest BCUT2D eigenvalue weighted by molar-refractivity contribution is -0.415. The summed E-state index contributed by atoms with van der Waals surface area (Å²) in [6.45, 7) is 0.0193. The van der Waals surface area contributed by atoms with Gasteiger partial charge < -0.3 is 14.9 Å². The maximum Gasteiger partial charge on any atom is 0.409 e. The minimum absolute atomic E-state index is 0.0193. The molecular weight excluding hydrogens is 250 g/mol. The van der Waals surface area contributed by atoms with Crippen molar-refractivity contribution in [2.24, 2.45) is 0 Å². The highest BCUT2D eigenvalue weighted by molar-refractivity contribution is 5.97. The van der Waals surface area contributed by atoms with E-state index in [9.17, 15) is 14.7 Å². The number of aliphatic hydroxyl groups is 1. The van der Waals surface area contributed by atoms with Gasteiger partial charge >= 0.3 is 23.5 Å². The van der Waals surface area contributed by atoms with Crippen LogP contribution in [0, 0.1) is 0 Å². The van der Waals surface area contributed by atoms with Gasteiger partial charge in [-0.25, -0.2) is 9.59 Å². The second-order valence-electron chi connectivity index (χ2n) is 3.88. The van der Waals surface area contributed by atoms with Crippen LogP contribution in [0.15, 0.2) is 42.0 Å². The van der Waals surface area contributed by atoms with Gasteiger partial charge in [0.25, 0.3) is 0 Å². The van der Waals surface area contributed by atoms with E-state index in [1.54, 1.807) is 24.3 Å². The van der Waals surface area contributed by atoms with Crippen LogP contribution in [0.1, 0.15) is 12.0 Å². The molecule has 1 aromatic rings. The summed E-state index contributed by atoms with van der Waals surface area (Å²) in [6, 6.07) is 8.97. The summed E-state index contributed by atoms with van der Waals surface area (Å²) >= 11 is 0. The lowest BCUT2D eigenvalue weighted by Gasteiger charge is -2.09. The van der Waals surface area contributed by atoms with Gasteiger partial charge in [0.05, 0.1) is 0 Å². The van der Waals surface area contributed by atoms with Gasteiger partial charge in [0, 0.05) is 0 Å². The number of ether oxygens (including phenoxy) is 1. The van der Waals surface area contributed by atoms with Crippen molar-refractivity contribution in [2.75, 3.05) is 0 Å². The number of amides is 1. The van der Waals surface area contributed by atoms with Crippen molar-refractivity contribution in [3.63, 3.8) is 0 Å². The topological polar surface area (TPSA) is 86.8 Å². The number of rotatable bonds is 5. The number of carboxylic acids is 1. The lowest BCUT2D eigenvalue weighted by atomic mass is 10.2. The number of carboxylic acid groups (broad SMARTS) is 1. The highest BCUT2D eigenvalue weighted by atomic mass is 16.6. The fraction of sp³-hybridized carbons (Fsp3) is 0.154. The molecule has 0 saturated heterocycles. The van der Waals surface area contributed by atoms with Crippen LogP contribution in [0.25, 0.3) is 0 Å². The van der Waals surface area contributed by atoms with E-state index in [1.807, 2.05) is 6.07 Å². The molecular formula is C13H12NO5+. The first-order chi connectivity index (χ1) is 9.09. The first kappa shape index (κ1) is 12.8. The normalized spacial score (nSPS) is 15.2. The quantitative estimate of drug-likeness (QED) is 0.470. The van der Waals surface area contributed by atoms with E-state index < -0.39 is 23.5 Å². The Labute approximate surface area is 108 Å². The molecule has 0 aliphatic carbocycles. The van der Waals surface area contributed by atoms with Gasteiger partial charge in [0.2, 0.25) is 0 Å². The van der Waals surface area contributed by atoms with Gasteiger partial charge in [-0.3, -0.25) is 0 Å². The summed E-state index contributed by atoms with van der Waals surface area (Å²) in [5, 5.41) is 18.6. The van der Waals surface area contributed by atoms with Gasteiger partial charge in [-0.1, -0.05) is 30.3 Å². The number of benzene rings is 1. The van der Waals surface area contributed by atoms with Crippen molar-refractivity contribution in [1.82, 2.24) is 0 Å². The SMILES string of the molecule is O=C(O)/C(=C(/O)OCc1ccccc1)[N+]1=CCC1=O. The number of carbonyl (C=O) groups excluding carboxylic acids is 1. The Morgan fingerprint density at radius 3 is 2.42 bits per heavy atom. The number of aliphatic hydroxyl groups excluding tert-OH is 1. The molecule has 1 heterocycles. The van der Waals surface area contributed by atoms with Crippen LogP contribution in [0.4, 0.5) is 0 Å². The third-order valence-corrected chi connectivity index (χ3v) is 2.58. The molecule has 0 atom stereocenters. The minimum Gasteiger partial charge on any atom is -0.476 e. The Kier molecular flexibility index (Phi) is 3.61. The Morgan fingerprint density at radius 1 is 1.26 bits per heavy atom. The summed E-state index contributed by atoms with van der Waals surface area (Å²) in [7, 11) is 0. The van der Waals surface area contributed by atoms with Crippen molar-refractivity contribution < 1.29 is 29.1 Å². The molecule has 0 fully saturated rings. The fourth-order valence-corrected chi connectivity index (χ4v) is 1.56. The van der Waals surface area contributed by atoms with Crippen LogP contribution in [0.5, 0.6) is 0 Å². The van der Waals surface area contributed by atoms with E-state index in [2.05, 4.69) is 0 Å². The molecule has 0 aromatic heterocycles. The summed E-state index contributed by atoms with van der Waals surface area (Å²) in [5.74, 6) is -2.59. The molecule has 0 spiro atoms. The monoisotopic (exact) mass is 262 g/mol. The largest absolute Gasteiger partial charge is 0.476 e. The molecule has 1 aromatic carbocycles. The van der Waals surface area contributed by atoms with Crippen LogP contribution in [0.2, 0.25) is 0 Å². The van der Waals surface area contributed by atoms with E-state index in [0.29, 0.717) is 0 Å². The van der Waals surface area contributed by atoms with Crippen LogP contribution in [-0.4, -0.2) is 32.9 Å². The molecule has 1 aliphatic rings. The molecule has 19 heavy (non-hydrogen) atoms.